The molecule has 0 aromatic carbocycles. The van der Waals surface area contributed by atoms with Crippen molar-refractivity contribution in [1.82, 2.24) is 4.98 Å². The van der Waals surface area contributed by atoms with Crippen LogP contribution in [0.1, 0.15) is 44.9 Å². The van der Waals surface area contributed by atoms with Crippen LogP contribution < -0.4 is 10.6 Å². The number of morpholine rings is 1. The number of rotatable bonds is 3. The lowest BCUT2D eigenvalue weighted by Crippen LogP contribution is -2.53. The number of nitrogens with two attached hydrogens (primary N) is 1. The van der Waals surface area contributed by atoms with Gasteiger partial charge >= 0.3 is 0 Å². The van der Waals surface area contributed by atoms with E-state index in [9.17, 15) is 0 Å². The van der Waals surface area contributed by atoms with Gasteiger partial charge in [0.1, 0.15) is 5.82 Å². The Bertz CT molecular complexity index is 443. The maximum atomic E-state index is 5.81. The van der Waals surface area contributed by atoms with Crippen LogP contribution in [0.15, 0.2) is 12.1 Å². The van der Waals surface area contributed by atoms with Gasteiger partial charge in [-0.3, -0.25) is 0 Å². The summed E-state index contributed by atoms with van der Waals surface area (Å²) in [6, 6.07) is 4.22. The molecule has 1 aliphatic rings. The van der Waals surface area contributed by atoms with Gasteiger partial charge in [-0.15, -0.1) is 0 Å². The third-order valence-electron chi connectivity index (χ3n) is 3.64. The molecule has 1 aromatic heterocycles. The lowest BCUT2D eigenvalue weighted by atomic mass is 10.0. The Kier molecular flexibility index (Phi) is 4.11. The van der Waals surface area contributed by atoms with Crippen LogP contribution in [0.25, 0.3) is 0 Å². The van der Waals surface area contributed by atoms with Crippen molar-refractivity contribution < 1.29 is 4.74 Å². The van der Waals surface area contributed by atoms with Crippen molar-refractivity contribution in [3.05, 3.63) is 23.4 Å². The zero-order valence-electron chi connectivity index (χ0n) is 12.4. The quantitative estimate of drug-likeness (QED) is 0.909. The van der Waals surface area contributed by atoms with Gasteiger partial charge in [0, 0.05) is 18.8 Å². The van der Waals surface area contributed by atoms with E-state index in [0.29, 0.717) is 12.5 Å². The van der Waals surface area contributed by atoms with Crippen molar-refractivity contribution in [3.63, 3.8) is 0 Å². The van der Waals surface area contributed by atoms with Gasteiger partial charge in [0.05, 0.1) is 18.8 Å². The summed E-state index contributed by atoms with van der Waals surface area (Å²) in [7, 11) is 0. The van der Waals surface area contributed by atoms with Gasteiger partial charge < -0.3 is 15.4 Å². The van der Waals surface area contributed by atoms with Crippen LogP contribution in [-0.4, -0.2) is 30.3 Å². The summed E-state index contributed by atoms with van der Waals surface area (Å²) >= 11 is 0. The van der Waals surface area contributed by atoms with E-state index in [2.05, 4.69) is 44.7 Å². The first-order valence-electron chi connectivity index (χ1n) is 7.00. The molecular weight excluding hydrogens is 238 g/mol. The Morgan fingerprint density at radius 2 is 2.16 bits per heavy atom. The molecule has 1 fully saturated rings. The average Bonchev–Trinajstić information content (AvgIpc) is 2.37. The highest BCUT2D eigenvalue weighted by atomic mass is 16.5. The van der Waals surface area contributed by atoms with E-state index in [0.717, 1.165) is 36.8 Å². The molecule has 0 radical (unpaired) electrons. The van der Waals surface area contributed by atoms with E-state index in [1.54, 1.807) is 0 Å². The summed E-state index contributed by atoms with van der Waals surface area (Å²) in [4.78, 5) is 7.15. The van der Waals surface area contributed by atoms with Crippen LogP contribution in [0.5, 0.6) is 0 Å². The summed E-state index contributed by atoms with van der Waals surface area (Å²) in [5.74, 6) is 1.44. The molecule has 0 aliphatic carbocycles. The molecule has 1 saturated heterocycles. The largest absolute Gasteiger partial charge is 0.377 e. The Morgan fingerprint density at radius 1 is 1.42 bits per heavy atom. The standard InChI is InChI=1S/C15H25N3O/c1-11(2)13-7-12(9-16)8-14(17-13)18-5-6-19-10-15(18,3)4/h7-8,11H,5-6,9-10,16H2,1-4H3. The van der Waals surface area contributed by atoms with Gasteiger partial charge in [0.2, 0.25) is 0 Å². The maximum Gasteiger partial charge on any atom is 0.129 e. The van der Waals surface area contributed by atoms with Crippen molar-refractivity contribution >= 4 is 5.82 Å². The third-order valence-corrected chi connectivity index (χ3v) is 3.64. The first-order chi connectivity index (χ1) is 8.94. The van der Waals surface area contributed by atoms with Crippen molar-refractivity contribution in [3.8, 4) is 0 Å². The number of anilines is 1. The molecule has 4 nitrogen and oxygen atoms in total. The molecule has 1 aliphatic heterocycles. The minimum absolute atomic E-state index is 0.0211. The molecule has 0 unspecified atom stereocenters. The van der Waals surface area contributed by atoms with Crippen LogP contribution >= 0.6 is 0 Å². The zero-order chi connectivity index (χ0) is 14.0. The second-order valence-corrected chi connectivity index (χ2v) is 6.13. The molecule has 2 rings (SSSR count). The van der Waals surface area contributed by atoms with Crippen molar-refractivity contribution in [2.45, 2.75) is 45.7 Å². The van der Waals surface area contributed by atoms with E-state index in [4.69, 9.17) is 15.5 Å². The summed E-state index contributed by atoms with van der Waals surface area (Å²) in [5, 5.41) is 0. The first kappa shape index (κ1) is 14.3. The molecule has 0 saturated carbocycles. The van der Waals surface area contributed by atoms with Crippen LogP contribution in [0.3, 0.4) is 0 Å². The summed E-state index contributed by atoms with van der Waals surface area (Å²) in [6.45, 7) is 11.6. The Morgan fingerprint density at radius 3 is 2.74 bits per heavy atom. The van der Waals surface area contributed by atoms with Crippen LogP contribution in [-0.2, 0) is 11.3 Å². The minimum atomic E-state index is -0.0211. The van der Waals surface area contributed by atoms with Crippen molar-refractivity contribution in [2.24, 2.45) is 5.73 Å². The number of aromatic nitrogens is 1. The van der Waals surface area contributed by atoms with E-state index in [1.807, 2.05) is 0 Å². The van der Waals surface area contributed by atoms with Gasteiger partial charge in [-0.2, -0.15) is 0 Å². The molecule has 0 spiro atoms. The molecule has 0 amide bonds. The van der Waals surface area contributed by atoms with Crippen LogP contribution in [0, 0.1) is 0 Å². The number of ether oxygens (including phenoxy) is 1. The Balaban J connectivity index is 2.40. The van der Waals surface area contributed by atoms with E-state index in [1.165, 1.54) is 0 Å². The molecular formula is C15H25N3O. The Hall–Kier alpha value is -1.13. The summed E-state index contributed by atoms with van der Waals surface area (Å²) < 4.78 is 5.58. The number of nitrogens with zero attached hydrogens (tertiary/aromatic N) is 2. The van der Waals surface area contributed by atoms with Crippen molar-refractivity contribution in [2.75, 3.05) is 24.7 Å². The molecule has 19 heavy (non-hydrogen) atoms. The topological polar surface area (TPSA) is 51.4 Å². The molecule has 2 N–H and O–H groups in total. The van der Waals surface area contributed by atoms with Gasteiger partial charge in [-0.05, 0) is 37.5 Å². The minimum Gasteiger partial charge on any atom is -0.377 e. The first-order valence-corrected chi connectivity index (χ1v) is 7.00. The summed E-state index contributed by atoms with van der Waals surface area (Å²) in [5.41, 5.74) is 8.05. The molecule has 0 bridgehead atoms. The van der Waals surface area contributed by atoms with Crippen LogP contribution in [0.4, 0.5) is 5.82 Å². The normalized spacial score (nSPS) is 18.9. The highest BCUT2D eigenvalue weighted by molar-refractivity contribution is 5.46. The van der Waals surface area contributed by atoms with Crippen molar-refractivity contribution in [1.29, 1.82) is 0 Å². The number of hydrogen-bond donors (Lipinski definition) is 1. The predicted molar refractivity (Wildman–Crippen MR) is 78.5 cm³/mol. The second-order valence-electron chi connectivity index (χ2n) is 6.13. The van der Waals surface area contributed by atoms with Crippen LogP contribution in [0.2, 0.25) is 0 Å². The SMILES string of the molecule is CC(C)c1cc(CN)cc(N2CCOCC2(C)C)n1. The third kappa shape index (κ3) is 3.07. The second kappa shape index (κ2) is 5.47. The fraction of sp³-hybridized carbons (Fsp3) is 0.667. The number of pyridine rings is 1. The Labute approximate surface area is 116 Å². The molecule has 4 heteroatoms. The predicted octanol–water partition coefficient (Wildman–Crippen LogP) is 2.28. The molecule has 2 heterocycles. The van der Waals surface area contributed by atoms with Gasteiger partial charge in [-0.1, -0.05) is 13.8 Å². The number of hydrogen-bond acceptors (Lipinski definition) is 4. The summed E-state index contributed by atoms with van der Waals surface area (Å²) in [6.07, 6.45) is 0. The van der Waals surface area contributed by atoms with E-state index >= 15 is 0 Å². The fourth-order valence-corrected chi connectivity index (χ4v) is 2.43. The molecule has 106 valence electrons. The van der Waals surface area contributed by atoms with E-state index in [-0.39, 0.29) is 5.54 Å². The zero-order valence-corrected chi connectivity index (χ0v) is 12.4. The van der Waals surface area contributed by atoms with Gasteiger partial charge in [0.15, 0.2) is 0 Å². The van der Waals surface area contributed by atoms with Gasteiger partial charge in [-0.25, -0.2) is 4.98 Å². The van der Waals surface area contributed by atoms with Gasteiger partial charge in [0.25, 0.3) is 0 Å². The highest BCUT2D eigenvalue weighted by Crippen LogP contribution is 2.28. The molecule has 0 atom stereocenters. The monoisotopic (exact) mass is 263 g/mol. The highest BCUT2D eigenvalue weighted by Gasteiger charge is 2.31. The lowest BCUT2D eigenvalue weighted by molar-refractivity contribution is 0.0639. The average molecular weight is 263 g/mol. The van der Waals surface area contributed by atoms with E-state index < -0.39 is 0 Å². The fourth-order valence-electron chi connectivity index (χ4n) is 2.43. The maximum absolute atomic E-state index is 5.81. The smallest absolute Gasteiger partial charge is 0.129 e. The molecule has 1 aromatic rings. The lowest BCUT2D eigenvalue weighted by Gasteiger charge is -2.43.